The summed E-state index contributed by atoms with van der Waals surface area (Å²) in [5.74, 6) is -0.224. The lowest BCUT2D eigenvalue weighted by Gasteiger charge is -2.35. The van der Waals surface area contributed by atoms with Crippen molar-refractivity contribution < 1.29 is 14.6 Å². The van der Waals surface area contributed by atoms with Crippen molar-refractivity contribution >= 4 is 5.97 Å². The zero-order chi connectivity index (χ0) is 13.1. The minimum Gasteiger partial charge on any atom is -0.459 e. The maximum atomic E-state index is 11.7. The number of esters is 1. The zero-order valence-corrected chi connectivity index (χ0v) is 11.4. The molecule has 2 atom stereocenters. The number of carbonyl (C=O) groups excluding carboxylic acids is 1. The summed E-state index contributed by atoms with van der Waals surface area (Å²) in [6, 6.07) is 0.0938. The Labute approximate surface area is 104 Å². The molecule has 4 heteroatoms. The van der Waals surface area contributed by atoms with Crippen molar-refractivity contribution in [2.24, 2.45) is 0 Å². The quantitative estimate of drug-likeness (QED) is 0.764. The van der Waals surface area contributed by atoms with Gasteiger partial charge in [0.25, 0.3) is 0 Å². The van der Waals surface area contributed by atoms with Crippen molar-refractivity contribution in [1.29, 1.82) is 0 Å². The Hall–Kier alpha value is -0.610. The Morgan fingerprint density at radius 2 is 1.94 bits per heavy atom. The Morgan fingerprint density at radius 3 is 2.47 bits per heavy atom. The smallest absolute Gasteiger partial charge is 0.320 e. The van der Waals surface area contributed by atoms with Crippen LogP contribution in [0.5, 0.6) is 0 Å². The van der Waals surface area contributed by atoms with Crippen LogP contribution in [-0.4, -0.2) is 47.3 Å². The molecule has 0 saturated heterocycles. The van der Waals surface area contributed by atoms with Gasteiger partial charge in [0.1, 0.15) is 5.60 Å². The average Bonchev–Trinajstić information content (AvgIpc) is 2.14. The van der Waals surface area contributed by atoms with Gasteiger partial charge in [0.05, 0.1) is 12.6 Å². The number of nitrogens with zero attached hydrogens (tertiary/aromatic N) is 1. The monoisotopic (exact) mass is 243 g/mol. The maximum Gasteiger partial charge on any atom is 0.320 e. The number of ether oxygens (including phenoxy) is 1. The molecule has 0 aliphatic heterocycles. The second kappa shape index (κ2) is 5.83. The van der Waals surface area contributed by atoms with Crippen LogP contribution in [0.1, 0.15) is 46.5 Å². The van der Waals surface area contributed by atoms with Crippen LogP contribution in [0.3, 0.4) is 0 Å². The average molecular weight is 243 g/mol. The molecule has 17 heavy (non-hydrogen) atoms. The van der Waals surface area contributed by atoms with Gasteiger partial charge in [-0.05, 0) is 40.7 Å². The predicted octanol–water partition coefficient (Wildman–Crippen LogP) is 1.56. The summed E-state index contributed by atoms with van der Waals surface area (Å²) in [5, 5.41) is 9.89. The molecular formula is C13H25NO3. The van der Waals surface area contributed by atoms with Crippen LogP contribution in [0.15, 0.2) is 0 Å². The lowest BCUT2D eigenvalue weighted by Crippen LogP contribution is -2.46. The third-order valence-electron chi connectivity index (χ3n) is 3.06. The van der Waals surface area contributed by atoms with Crippen LogP contribution >= 0.6 is 0 Å². The molecule has 0 aromatic heterocycles. The van der Waals surface area contributed by atoms with Crippen LogP contribution in [0.25, 0.3) is 0 Å². The van der Waals surface area contributed by atoms with Gasteiger partial charge in [-0.2, -0.15) is 0 Å². The van der Waals surface area contributed by atoms with E-state index in [-0.39, 0.29) is 24.7 Å². The van der Waals surface area contributed by atoms with Crippen LogP contribution in [0.2, 0.25) is 0 Å². The lowest BCUT2D eigenvalue weighted by atomic mass is 9.91. The zero-order valence-electron chi connectivity index (χ0n) is 11.4. The predicted molar refractivity (Wildman–Crippen MR) is 66.7 cm³/mol. The van der Waals surface area contributed by atoms with Crippen molar-refractivity contribution in [1.82, 2.24) is 4.90 Å². The summed E-state index contributed by atoms with van der Waals surface area (Å²) in [5.41, 5.74) is -0.441. The van der Waals surface area contributed by atoms with Crippen LogP contribution in [0.4, 0.5) is 0 Å². The number of carbonyl (C=O) groups is 1. The first-order chi connectivity index (χ1) is 7.79. The molecule has 1 aliphatic rings. The fourth-order valence-corrected chi connectivity index (χ4v) is 2.30. The lowest BCUT2D eigenvalue weighted by molar-refractivity contribution is -0.157. The van der Waals surface area contributed by atoms with Gasteiger partial charge in [-0.25, -0.2) is 0 Å². The van der Waals surface area contributed by atoms with E-state index in [0.29, 0.717) is 0 Å². The van der Waals surface area contributed by atoms with Gasteiger partial charge >= 0.3 is 5.97 Å². The Balaban J connectivity index is 2.42. The summed E-state index contributed by atoms with van der Waals surface area (Å²) >= 11 is 0. The van der Waals surface area contributed by atoms with Crippen molar-refractivity contribution in [3.05, 3.63) is 0 Å². The van der Waals surface area contributed by atoms with Gasteiger partial charge < -0.3 is 9.84 Å². The molecule has 0 heterocycles. The third-order valence-corrected chi connectivity index (χ3v) is 3.06. The van der Waals surface area contributed by atoms with E-state index < -0.39 is 5.60 Å². The molecule has 0 amide bonds. The molecule has 4 nitrogen and oxygen atoms in total. The van der Waals surface area contributed by atoms with Crippen molar-refractivity contribution in [3.8, 4) is 0 Å². The fourth-order valence-electron chi connectivity index (χ4n) is 2.30. The first kappa shape index (κ1) is 14.5. The SMILES string of the molecule is CN(CC(=O)OC(C)(C)C)C1CCCCC1O. The van der Waals surface area contributed by atoms with E-state index in [0.717, 1.165) is 25.7 Å². The van der Waals surface area contributed by atoms with Gasteiger partial charge in [0, 0.05) is 6.04 Å². The number of likely N-dealkylation sites (N-methyl/N-ethyl adjacent to an activating group) is 1. The van der Waals surface area contributed by atoms with E-state index in [1.807, 2.05) is 32.7 Å². The fraction of sp³-hybridized carbons (Fsp3) is 0.923. The molecule has 1 rings (SSSR count). The summed E-state index contributed by atoms with van der Waals surface area (Å²) < 4.78 is 5.27. The number of aliphatic hydroxyl groups excluding tert-OH is 1. The minimum absolute atomic E-state index is 0.0938. The molecule has 1 aliphatic carbocycles. The molecular weight excluding hydrogens is 218 g/mol. The Kier molecular flexibility index (Phi) is 4.95. The van der Waals surface area contributed by atoms with E-state index in [1.165, 1.54) is 0 Å². The number of hydrogen-bond donors (Lipinski definition) is 1. The van der Waals surface area contributed by atoms with Gasteiger partial charge in [-0.3, -0.25) is 9.69 Å². The van der Waals surface area contributed by atoms with Gasteiger partial charge in [-0.1, -0.05) is 12.8 Å². The first-order valence-corrected chi connectivity index (χ1v) is 6.40. The highest BCUT2D eigenvalue weighted by Crippen LogP contribution is 2.22. The number of rotatable bonds is 3. The summed E-state index contributed by atoms with van der Waals surface area (Å²) in [7, 11) is 1.88. The minimum atomic E-state index is -0.441. The molecule has 1 fully saturated rings. The summed E-state index contributed by atoms with van der Waals surface area (Å²) in [6.07, 6.45) is 3.69. The topological polar surface area (TPSA) is 49.8 Å². The highest BCUT2D eigenvalue weighted by Gasteiger charge is 2.28. The molecule has 0 aromatic carbocycles. The van der Waals surface area contributed by atoms with E-state index in [1.54, 1.807) is 0 Å². The molecule has 0 radical (unpaired) electrons. The van der Waals surface area contributed by atoms with Crippen LogP contribution in [0, 0.1) is 0 Å². The van der Waals surface area contributed by atoms with Crippen LogP contribution in [-0.2, 0) is 9.53 Å². The molecule has 2 unspecified atom stereocenters. The first-order valence-electron chi connectivity index (χ1n) is 6.40. The van der Waals surface area contributed by atoms with Crippen molar-refractivity contribution in [2.75, 3.05) is 13.6 Å². The molecule has 0 bridgehead atoms. The van der Waals surface area contributed by atoms with E-state index in [2.05, 4.69) is 0 Å². The summed E-state index contributed by atoms with van der Waals surface area (Å²) in [4.78, 5) is 13.6. The van der Waals surface area contributed by atoms with Crippen molar-refractivity contribution in [2.45, 2.75) is 64.2 Å². The standard InChI is InChI=1S/C13H25NO3/c1-13(2,3)17-12(16)9-14(4)10-7-5-6-8-11(10)15/h10-11,15H,5-9H2,1-4H3. The summed E-state index contributed by atoms with van der Waals surface area (Å²) in [6.45, 7) is 5.83. The molecule has 1 N–H and O–H groups in total. The van der Waals surface area contributed by atoms with Gasteiger partial charge in [0.15, 0.2) is 0 Å². The largest absolute Gasteiger partial charge is 0.459 e. The normalized spacial score (nSPS) is 26.0. The van der Waals surface area contributed by atoms with Crippen molar-refractivity contribution in [3.63, 3.8) is 0 Å². The Bertz CT molecular complexity index is 260. The second-order valence-corrected chi connectivity index (χ2v) is 5.92. The van der Waals surface area contributed by atoms with Gasteiger partial charge in [-0.15, -0.1) is 0 Å². The highest BCUT2D eigenvalue weighted by atomic mass is 16.6. The second-order valence-electron chi connectivity index (χ2n) is 5.92. The molecule has 0 aromatic rings. The van der Waals surface area contributed by atoms with Gasteiger partial charge in [0.2, 0.25) is 0 Å². The van der Waals surface area contributed by atoms with E-state index >= 15 is 0 Å². The highest BCUT2D eigenvalue weighted by molar-refractivity contribution is 5.72. The number of hydrogen-bond acceptors (Lipinski definition) is 4. The molecule has 1 saturated carbocycles. The van der Waals surface area contributed by atoms with Crippen LogP contribution < -0.4 is 0 Å². The molecule has 0 spiro atoms. The Morgan fingerprint density at radius 1 is 1.35 bits per heavy atom. The maximum absolute atomic E-state index is 11.7. The van der Waals surface area contributed by atoms with E-state index in [9.17, 15) is 9.90 Å². The molecule has 100 valence electrons. The number of aliphatic hydroxyl groups is 1. The van der Waals surface area contributed by atoms with E-state index in [4.69, 9.17) is 4.74 Å². The third kappa shape index (κ3) is 5.04.